The average molecular weight is 282 g/mol. The maximum atomic E-state index is 11.1. The highest BCUT2D eigenvalue weighted by atomic mass is 32.1. The van der Waals surface area contributed by atoms with Gasteiger partial charge in [-0.1, -0.05) is 0 Å². The van der Waals surface area contributed by atoms with Gasteiger partial charge in [0.1, 0.15) is 4.83 Å². The Hall–Kier alpha value is -2.19. The molecule has 0 aliphatic heterocycles. The molecule has 0 unspecified atom stereocenters. The van der Waals surface area contributed by atoms with Crippen molar-refractivity contribution < 1.29 is 24.5 Å². The zero-order valence-corrected chi connectivity index (χ0v) is 10.4. The number of aromatic nitrogens is 1. The minimum absolute atomic E-state index is 0.0333. The van der Waals surface area contributed by atoms with Gasteiger partial charge >= 0.3 is 11.9 Å². The van der Waals surface area contributed by atoms with Gasteiger partial charge < -0.3 is 20.7 Å². The number of nitrogens with two attached hydrogens (primary N) is 1. The van der Waals surface area contributed by atoms with Gasteiger partial charge in [-0.2, -0.15) is 0 Å². The zero-order chi connectivity index (χ0) is 14.0. The summed E-state index contributed by atoms with van der Waals surface area (Å²) in [4.78, 5) is 26.2. The first-order valence-electron chi connectivity index (χ1n) is 5.23. The first kappa shape index (κ1) is 13.2. The van der Waals surface area contributed by atoms with Crippen LogP contribution in [0.25, 0.3) is 10.2 Å². The molecule has 0 spiro atoms. The Bertz CT molecular complexity index is 652. The second kappa shape index (κ2) is 5.21. The summed E-state index contributed by atoms with van der Waals surface area (Å²) in [5.74, 6) is -2.33. The standard InChI is InChI=1S/C11H10N2O5S/c12-3-5-1-2-6-8(18-4-7(14)15)9(11(16)17)19-10(6)13-5/h1-2H,3-4,12H2,(H,14,15)(H,16,17). The maximum absolute atomic E-state index is 11.1. The first-order valence-corrected chi connectivity index (χ1v) is 6.05. The number of fused-ring (bicyclic) bond motifs is 1. The smallest absolute Gasteiger partial charge is 0.349 e. The number of carboxylic acid groups (broad SMARTS) is 2. The molecule has 100 valence electrons. The second-order valence-corrected chi connectivity index (χ2v) is 4.61. The lowest BCUT2D eigenvalue weighted by Crippen LogP contribution is -2.10. The van der Waals surface area contributed by atoms with E-state index in [0.717, 1.165) is 11.3 Å². The number of carboxylic acids is 2. The summed E-state index contributed by atoms with van der Waals surface area (Å²) in [7, 11) is 0. The van der Waals surface area contributed by atoms with Crippen molar-refractivity contribution in [2.75, 3.05) is 6.61 Å². The topological polar surface area (TPSA) is 123 Å². The average Bonchev–Trinajstić information content (AvgIpc) is 2.73. The Balaban J connectivity index is 2.53. The van der Waals surface area contributed by atoms with E-state index in [0.29, 0.717) is 15.9 Å². The molecule has 8 heteroatoms. The van der Waals surface area contributed by atoms with Crippen LogP contribution in [-0.2, 0) is 11.3 Å². The number of aliphatic carboxylic acids is 1. The van der Waals surface area contributed by atoms with Crippen molar-refractivity contribution in [2.24, 2.45) is 5.73 Å². The van der Waals surface area contributed by atoms with Crippen LogP contribution in [0.5, 0.6) is 5.75 Å². The van der Waals surface area contributed by atoms with Crippen LogP contribution in [0.2, 0.25) is 0 Å². The molecule has 2 aromatic heterocycles. The number of carbonyl (C=O) groups is 2. The van der Waals surface area contributed by atoms with Gasteiger partial charge in [0.15, 0.2) is 17.2 Å². The normalized spacial score (nSPS) is 10.6. The second-order valence-electron chi connectivity index (χ2n) is 3.61. The van der Waals surface area contributed by atoms with E-state index >= 15 is 0 Å². The van der Waals surface area contributed by atoms with E-state index in [1.165, 1.54) is 0 Å². The molecule has 0 aromatic carbocycles. The molecule has 7 nitrogen and oxygen atoms in total. The van der Waals surface area contributed by atoms with E-state index in [2.05, 4.69) is 4.98 Å². The van der Waals surface area contributed by atoms with Crippen molar-refractivity contribution in [3.63, 3.8) is 0 Å². The molecule has 4 N–H and O–H groups in total. The molecule has 2 aromatic rings. The van der Waals surface area contributed by atoms with Gasteiger partial charge in [0.2, 0.25) is 0 Å². The monoisotopic (exact) mass is 282 g/mol. The van der Waals surface area contributed by atoms with Gasteiger partial charge in [0, 0.05) is 6.54 Å². The van der Waals surface area contributed by atoms with Crippen LogP contribution in [0, 0.1) is 0 Å². The van der Waals surface area contributed by atoms with Gasteiger partial charge in [-0.15, -0.1) is 11.3 Å². The first-order chi connectivity index (χ1) is 9.02. The third-order valence-corrected chi connectivity index (χ3v) is 3.38. The van der Waals surface area contributed by atoms with Crippen molar-refractivity contribution in [1.82, 2.24) is 4.98 Å². The van der Waals surface area contributed by atoms with E-state index in [1.54, 1.807) is 12.1 Å². The number of pyridine rings is 1. The van der Waals surface area contributed by atoms with Crippen molar-refractivity contribution in [3.05, 3.63) is 22.7 Å². The molecule has 19 heavy (non-hydrogen) atoms. The molecule has 2 heterocycles. The van der Waals surface area contributed by atoms with Crippen LogP contribution in [0.3, 0.4) is 0 Å². The number of nitrogens with zero attached hydrogens (tertiary/aromatic N) is 1. The van der Waals surface area contributed by atoms with Crippen molar-refractivity contribution in [2.45, 2.75) is 6.54 Å². The summed E-state index contributed by atoms with van der Waals surface area (Å²) in [6.45, 7) is -0.369. The number of ether oxygens (including phenoxy) is 1. The Morgan fingerprint density at radius 2 is 2.11 bits per heavy atom. The predicted molar refractivity (Wildman–Crippen MR) is 67.6 cm³/mol. The molecular formula is C11H10N2O5S. The van der Waals surface area contributed by atoms with E-state index in [4.69, 9.17) is 20.7 Å². The summed E-state index contributed by atoms with van der Waals surface area (Å²) >= 11 is 0.929. The van der Waals surface area contributed by atoms with Gasteiger partial charge in [-0.25, -0.2) is 14.6 Å². The lowest BCUT2D eigenvalue weighted by atomic mass is 10.2. The largest absolute Gasteiger partial charge is 0.479 e. The zero-order valence-electron chi connectivity index (χ0n) is 9.62. The van der Waals surface area contributed by atoms with Gasteiger partial charge in [0.25, 0.3) is 0 Å². The Labute approximate surface area is 111 Å². The number of hydrogen-bond acceptors (Lipinski definition) is 6. The van der Waals surface area contributed by atoms with Crippen molar-refractivity contribution in [3.8, 4) is 5.75 Å². The number of hydrogen-bond donors (Lipinski definition) is 3. The van der Waals surface area contributed by atoms with Crippen LogP contribution < -0.4 is 10.5 Å². The predicted octanol–water partition coefficient (Wildman–Crippen LogP) is 0.917. The third-order valence-electron chi connectivity index (χ3n) is 2.31. The highest BCUT2D eigenvalue weighted by molar-refractivity contribution is 7.20. The molecule has 0 aliphatic carbocycles. The molecule has 0 aliphatic rings. The Morgan fingerprint density at radius 3 is 2.68 bits per heavy atom. The fourth-order valence-corrected chi connectivity index (χ4v) is 2.50. The summed E-state index contributed by atoms with van der Waals surface area (Å²) in [5, 5.41) is 18.2. The van der Waals surface area contributed by atoms with E-state index < -0.39 is 18.5 Å². The molecular weight excluding hydrogens is 272 g/mol. The number of aromatic carboxylic acids is 1. The van der Waals surface area contributed by atoms with E-state index in [-0.39, 0.29) is 17.2 Å². The molecule has 0 saturated carbocycles. The molecule has 0 radical (unpaired) electrons. The minimum Gasteiger partial charge on any atom is -0.479 e. The Morgan fingerprint density at radius 1 is 1.37 bits per heavy atom. The third kappa shape index (κ3) is 2.64. The van der Waals surface area contributed by atoms with Gasteiger partial charge in [0.05, 0.1) is 11.1 Å². The van der Waals surface area contributed by atoms with Crippen LogP contribution >= 0.6 is 11.3 Å². The lowest BCUT2D eigenvalue weighted by Gasteiger charge is -2.03. The maximum Gasteiger partial charge on any atom is 0.349 e. The molecule has 2 rings (SSSR count). The van der Waals surface area contributed by atoms with Crippen LogP contribution in [0.15, 0.2) is 12.1 Å². The molecule has 0 fully saturated rings. The number of thiophene rings is 1. The van der Waals surface area contributed by atoms with Crippen LogP contribution in [0.4, 0.5) is 0 Å². The quantitative estimate of drug-likeness (QED) is 0.745. The van der Waals surface area contributed by atoms with Crippen LogP contribution in [-0.4, -0.2) is 33.7 Å². The highest BCUT2D eigenvalue weighted by Gasteiger charge is 2.21. The minimum atomic E-state index is -1.18. The molecule has 0 saturated heterocycles. The van der Waals surface area contributed by atoms with Crippen molar-refractivity contribution in [1.29, 1.82) is 0 Å². The Kier molecular flexibility index (Phi) is 3.63. The summed E-state index contributed by atoms with van der Waals surface area (Å²) in [5.41, 5.74) is 6.08. The van der Waals surface area contributed by atoms with Crippen LogP contribution in [0.1, 0.15) is 15.4 Å². The fourth-order valence-electron chi connectivity index (χ4n) is 1.53. The van der Waals surface area contributed by atoms with Crippen molar-refractivity contribution >= 4 is 33.5 Å². The lowest BCUT2D eigenvalue weighted by molar-refractivity contribution is -0.139. The van der Waals surface area contributed by atoms with Gasteiger partial charge in [-0.3, -0.25) is 0 Å². The molecule has 0 bridgehead atoms. The summed E-state index contributed by atoms with van der Waals surface area (Å²) in [6.07, 6.45) is 0. The van der Waals surface area contributed by atoms with E-state index in [1.807, 2.05) is 0 Å². The SMILES string of the molecule is NCc1ccc2c(OCC(=O)O)c(C(=O)O)sc2n1. The van der Waals surface area contributed by atoms with E-state index in [9.17, 15) is 9.59 Å². The highest BCUT2D eigenvalue weighted by Crippen LogP contribution is 2.36. The number of rotatable bonds is 5. The summed E-state index contributed by atoms with van der Waals surface area (Å²) < 4.78 is 5.05. The summed E-state index contributed by atoms with van der Waals surface area (Å²) in [6, 6.07) is 3.28. The fraction of sp³-hybridized carbons (Fsp3) is 0.182. The van der Waals surface area contributed by atoms with Gasteiger partial charge in [-0.05, 0) is 12.1 Å². The molecule has 0 amide bonds. The molecule has 0 atom stereocenters.